The average Bonchev–Trinajstić information content (AvgIpc) is 3.09. The van der Waals surface area contributed by atoms with E-state index in [1.165, 1.54) is 30.6 Å². The minimum atomic E-state index is -0.881. The fourth-order valence-electron chi connectivity index (χ4n) is 2.19. The highest BCUT2D eigenvalue weighted by Gasteiger charge is 2.16. The Balaban J connectivity index is 1.81. The van der Waals surface area contributed by atoms with Gasteiger partial charge in [-0.2, -0.15) is 0 Å². The Morgan fingerprint density at radius 1 is 1.21 bits per heavy atom. The molecule has 2 aromatic heterocycles. The molecule has 1 aliphatic rings. The number of thiazole rings is 1. The first-order chi connectivity index (χ1) is 9.24. The molecule has 0 spiro atoms. The van der Waals surface area contributed by atoms with Crippen LogP contribution in [-0.4, -0.2) is 29.1 Å². The average molecular weight is 294 g/mol. The molecule has 2 aromatic rings. The number of aromatic nitrogens is 1. The molecular weight excluding hydrogens is 280 g/mol. The molecule has 3 heterocycles. The van der Waals surface area contributed by atoms with Crippen LogP contribution in [0.4, 0.5) is 5.13 Å². The molecule has 0 bridgehead atoms. The van der Waals surface area contributed by atoms with Crippen LogP contribution in [0.15, 0.2) is 16.8 Å². The number of nitrogens with zero attached hydrogens (tertiary/aromatic N) is 2. The zero-order valence-electron chi connectivity index (χ0n) is 10.3. The summed E-state index contributed by atoms with van der Waals surface area (Å²) in [6.45, 7) is 2.16. The first kappa shape index (κ1) is 12.6. The lowest BCUT2D eigenvalue weighted by Crippen LogP contribution is -2.29. The molecule has 1 N–H and O–H groups in total. The number of rotatable bonds is 3. The molecule has 1 saturated heterocycles. The summed E-state index contributed by atoms with van der Waals surface area (Å²) in [5, 5.41) is 13.7. The molecule has 100 valence electrons. The van der Waals surface area contributed by atoms with Gasteiger partial charge in [0, 0.05) is 23.8 Å². The molecule has 0 radical (unpaired) electrons. The van der Waals surface area contributed by atoms with Gasteiger partial charge in [0.05, 0.1) is 16.1 Å². The van der Waals surface area contributed by atoms with E-state index in [4.69, 9.17) is 5.11 Å². The third-order valence-corrected chi connectivity index (χ3v) is 5.07. The van der Waals surface area contributed by atoms with Crippen LogP contribution < -0.4 is 4.90 Å². The van der Waals surface area contributed by atoms with Crippen molar-refractivity contribution in [2.45, 2.75) is 19.3 Å². The van der Waals surface area contributed by atoms with Gasteiger partial charge in [0.1, 0.15) is 0 Å². The highest BCUT2D eigenvalue weighted by molar-refractivity contribution is 7.16. The van der Waals surface area contributed by atoms with E-state index in [0.29, 0.717) is 5.56 Å². The van der Waals surface area contributed by atoms with Crippen LogP contribution in [0.1, 0.15) is 29.6 Å². The van der Waals surface area contributed by atoms with Gasteiger partial charge in [-0.1, -0.05) is 0 Å². The van der Waals surface area contributed by atoms with Crippen LogP contribution in [0.3, 0.4) is 0 Å². The fourth-order valence-corrected chi connectivity index (χ4v) is 3.99. The standard InChI is InChI=1S/C13H14N2O2S2/c16-12(17)9-6-11(18-7-9)10-8-19-13(14-10)15-4-2-1-3-5-15/h6-8H,1-5H2,(H,16,17). The van der Waals surface area contributed by atoms with Crippen molar-refractivity contribution in [2.75, 3.05) is 18.0 Å². The minimum absolute atomic E-state index is 0.340. The summed E-state index contributed by atoms with van der Waals surface area (Å²) in [4.78, 5) is 18.8. The predicted molar refractivity (Wildman–Crippen MR) is 78.5 cm³/mol. The van der Waals surface area contributed by atoms with Crippen molar-refractivity contribution in [3.8, 4) is 10.6 Å². The summed E-state index contributed by atoms with van der Waals surface area (Å²) in [5.74, 6) is -0.881. The van der Waals surface area contributed by atoms with Crippen molar-refractivity contribution in [3.63, 3.8) is 0 Å². The van der Waals surface area contributed by atoms with Gasteiger partial charge in [0.15, 0.2) is 5.13 Å². The first-order valence-corrected chi connectivity index (χ1v) is 8.02. The quantitative estimate of drug-likeness (QED) is 0.940. The molecule has 6 heteroatoms. The lowest BCUT2D eigenvalue weighted by molar-refractivity contribution is 0.0697. The Labute approximate surface area is 119 Å². The maximum atomic E-state index is 10.9. The lowest BCUT2D eigenvalue weighted by Gasteiger charge is -2.25. The fraction of sp³-hybridized carbons (Fsp3) is 0.385. The maximum Gasteiger partial charge on any atom is 0.336 e. The molecule has 0 amide bonds. The van der Waals surface area contributed by atoms with Gasteiger partial charge in [-0.05, 0) is 25.3 Å². The number of carbonyl (C=O) groups is 1. The van der Waals surface area contributed by atoms with E-state index < -0.39 is 5.97 Å². The Hall–Kier alpha value is -1.40. The Morgan fingerprint density at radius 3 is 2.68 bits per heavy atom. The zero-order chi connectivity index (χ0) is 13.2. The molecule has 4 nitrogen and oxygen atoms in total. The van der Waals surface area contributed by atoms with Gasteiger partial charge >= 0.3 is 5.97 Å². The maximum absolute atomic E-state index is 10.9. The monoisotopic (exact) mass is 294 g/mol. The van der Waals surface area contributed by atoms with Crippen LogP contribution in [0.2, 0.25) is 0 Å². The molecule has 1 fully saturated rings. The minimum Gasteiger partial charge on any atom is -0.478 e. The molecule has 0 aliphatic carbocycles. The van der Waals surface area contributed by atoms with Crippen molar-refractivity contribution in [1.29, 1.82) is 0 Å². The molecule has 19 heavy (non-hydrogen) atoms. The molecule has 3 rings (SSSR count). The van der Waals surface area contributed by atoms with Gasteiger partial charge in [-0.25, -0.2) is 9.78 Å². The van der Waals surface area contributed by atoms with E-state index in [1.807, 2.05) is 5.38 Å². The second-order valence-corrected chi connectivity index (χ2v) is 6.32. The largest absolute Gasteiger partial charge is 0.478 e. The molecular formula is C13H14N2O2S2. The topological polar surface area (TPSA) is 53.4 Å². The lowest BCUT2D eigenvalue weighted by atomic mass is 10.1. The number of thiophene rings is 1. The predicted octanol–water partition coefficient (Wildman–Crippen LogP) is 3.56. The normalized spacial score (nSPS) is 15.7. The van der Waals surface area contributed by atoms with Gasteiger partial charge in [-0.15, -0.1) is 22.7 Å². The zero-order valence-corrected chi connectivity index (χ0v) is 12.0. The second-order valence-electron chi connectivity index (χ2n) is 4.57. The SMILES string of the molecule is O=C(O)c1csc(-c2csc(N3CCCCC3)n2)c1. The third kappa shape index (κ3) is 2.64. The van der Waals surface area contributed by atoms with Gasteiger partial charge in [-0.3, -0.25) is 0 Å². The van der Waals surface area contributed by atoms with E-state index in [0.717, 1.165) is 28.8 Å². The van der Waals surface area contributed by atoms with Crippen LogP contribution >= 0.6 is 22.7 Å². The summed E-state index contributed by atoms with van der Waals surface area (Å²) in [7, 11) is 0. The Kier molecular flexibility index (Phi) is 3.52. The van der Waals surface area contributed by atoms with Crippen LogP contribution in [-0.2, 0) is 0 Å². The summed E-state index contributed by atoms with van der Waals surface area (Å²) in [5.41, 5.74) is 1.23. The molecule has 0 aromatic carbocycles. The Morgan fingerprint density at radius 2 is 2.00 bits per heavy atom. The van der Waals surface area contributed by atoms with E-state index in [1.54, 1.807) is 22.8 Å². The number of anilines is 1. The van der Waals surface area contributed by atoms with Gasteiger partial charge in [0.25, 0.3) is 0 Å². The van der Waals surface area contributed by atoms with Crippen molar-refractivity contribution < 1.29 is 9.90 Å². The number of aromatic carboxylic acids is 1. The van der Waals surface area contributed by atoms with Crippen molar-refractivity contribution in [2.24, 2.45) is 0 Å². The van der Waals surface area contributed by atoms with E-state index in [2.05, 4.69) is 9.88 Å². The first-order valence-electron chi connectivity index (χ1n) is 6.27. The molecule has 0 saturated carbocycles. The summed E-state index contributed by atoms with van der Waals surface area (Å²) in [6, 6.07) is 1.70. The van der Waals surface area contributed by atoms with E-state index in [-0.39, 0.29) is 0 Å². The summed E-state index contributed by atoms with van der Waals surface area (Å²) in [6.07, 6.45) is 3.77. The van der Waals surface area contributed by atoms with Crippen LogP contribution in [0, 0.1) is 0 Å². The molecule has 1 aliphatic heterocycles. The van der Waals surface area contributed by atoms with Crippen molar-refractivity contribution in [1.82, 2.24) is 4.98 Å². The molecule has 0 unspecified atom stereocenters. The highest BCUT2D eigenvalue weighted by Crippen LogP contribution is 2.32. The number of carboxylic acids is 1. The van der Waals surface area contributed by atoms with Gasteiger partial charge in [0.2, 0.25) is 0 Å². The van der Waals surface area contributed by atoms with Crippen LogP contribution in [0.25, 0.3) is 10.6 Å². The van der Waals surface area contributed by atoms with Crippen molar-refractivity contribution >= 4 is 33.8 Å². The second kappa shape index (κ2) is 5.30. The number of carboxylic acid groups (broad SMARTS) is 1. The number of piperidine rings is 1. The summed E-state index contributed by atoms with van der Waals surface area (Å²) >= 11 is 3.08. The third-order valence-electron chi connectivity index (χ3n) is 3.22. The van der Waals surface area contributed by atoms with E-state index >= 15 is 0 Å². The van der Waals surface area contributed by atoms with E-state index in [9.17, 15) is 4.79 Å². The number of hydrogen-bond acceptors (Lipinski definition) is 5. The number of hydrogen-bond donors (Lipinski definition) is 1. The Bertz CT molecular complexity index is 585. The highest BCUT2D eigenvalue weighted by atomic mass is 32.1. The van der Waals surface area contributed by atoms with Crippen molar-refractivity contribution in [3.05, 3.63) is 22.4 Å². The van der Waals surface area contributed by atoms with Gasteiger partial charge < -0.3 is 10.0 Å². The van der Waals surface area contributed by atoms with Crippen LogP contribution in [0.5, 0.6) is 0 Å². The summed E-state index contributed by atoms with van der Waals surface area (Å²) < 4.78 is 0. The smallest absolute Gasteiger partial charge is 0.336 e. The molecule has 0 atom stereocenters.